The first-order chi connectivity index (χ1) is 12.4. The molecule has 1 N–H and O–H groups in total. The summed E-state index contributed by atoms with van der Waals surface area (Å²) in [6, 6.07) is 4.70. The molecule has 0 saturated carbocycles. The van der Waals surface area contributed by atoms with E-state index in [1.54, 1.807) is 23.1 Å². The van der Waals surface area contributed by atoms with Gasteiger partial charge in [0, 0.05) is 28.7 Å². The Morgan fingerprint density at radius 2 is 1.85 bits per heavy atom. The summed E-state index contributed by atoms with van der Waals surface area (Å²) >= 11 is 12.0. The highest BCUT2D eigenvalue weighted by Gasteiger charge is 2.20. The van der Waals surface area contributed by atoms with Crippen LogP contribution in [0.1, 0.15) is 53.4 Å². The van der Waals surface area contributed by atoms with Crippen LogP contribution in [0.15, 0.2) is 28.9 Å². The second kappa shape index (κ2) is 9.59. The molecule has 0 aliphatic carbocycles. The normalized spacial score (nSPS) is 10.6. The van der Waals surface area contributed by atoms with Crippen LogP contribution < -0.4 is 5.32 Å². The van der Waals surface area contributed by atoms with Crippen LogP contribution in [0.3, 0.4) is 0 Å². The van der Waals surface area contributed by atoms with Crippen LogP contribution in [0.4, 0.5) is 0 Å². The first-order valence-electron chi connectivity index (χ1n) is 8.42. The number of carbonyl (C=O) groups is 2. The van der Waals surface area contributed by atoms with Crippen molar-refractivity contribution in [2.45, 2.75) is 33.2 Å². The number of nitrogens with zero attached hydrogens (tertiary/aromatic N) is 2. The standard InChI is InChI=1S/C18H21Cl2N3O3/c1-3-5-21-17(24)15-11-26-16(22-15)10-23(6-4-2)18(25)12-7-13(19)9-14(20)8-12/h7-9,11H,3-6,10H2,1-2H3,(H,21,24). The molecule has 0 radical (unpaired) electrons. The molecule has 6 nitrogen and oxygen atoms in total. The number of benzene rings is 1. The van der Waals surface area contributed by atoms with E-state index in [2.05, 4.69) is 10.3 Å². The Bertz CT molecular complexity index is 757. The highest BCUT2D eigenvalue weighted by molar-refractivity contribution is 6.35. The Balaban J connectivity index is 2.14. The molecule has 0 atom stereocenters. The Morgan fingerprint density at radius 3 is 2.46 bits per heavy atom. The van der Waals surface area contributed by atoms with E-state index in [9.17, 15) is 9.59 Å². The molecule has 8 heteroatoms. The smallest absolute Gasteiger partial charge is 0.273 e. The van der Waals surface area contributed by atoms with Crippen molar-refractivity contribution in [3.05, 3.63) is 51.7 Å². The lowest BCUT2D eigenvalue weighted by atomic mass is 10.2. The van der Waals surface area contributed by atoms with Crippen LogP contribution in [0.5, 0.6) is 0 Å². The van der Waals surface area contributed by atoms with Gasteiger partial charge >= 0.3 is 0 Å². The number of oxazole rings is 1. The van der Waals surface area contributed by atoms with Crippen molar-refractivity contribution in [1.29, 1.82) is 0 Å². The number of halogens is 2. The summed E-state index contributed by atoms with van der Waals surface area (Å²) in [5, 5.41) is 3.51. The molecule has 26 heavy (non-hydrogen) atoms. The fourth-order valence-electron chi connectivity index (χ4n) is 2.36. The Labute approximate surface area is 162 Å². The van der Waals surface area contributed by atoms with Gasteiger partial charge in [-0.3, -0.25) is 9.59 Å². The number of carbonyl (C=O) groups excluding carboxylic acids is 2. The van der Waals surface area contributed by atoms with Gasteiger partial charge in [0.25, 0.3) is 11.8 Å². The minimum Gasteiger partial charge on any atom is -0.446 e. The third-order valence-corrected chi connectivity index (χ3v) is 3.97. The van der Waals surface area contributed by atoms with E-state index in [1.807, 2.05) is 13.8 Å². The van der Waals surface area contributed by atoms with Gasteiger partial charge in [-0.1, -0.05) is 37.0 Å². The second-order valence-electron chi connectivity index (χ2n) is 5.77. The number of nitrogens with one attached hydrogen (secondary N) is 1. The Morgan fingerprint density at radius 1 is 1.15 bits per heavy atom. The summed E-state index contributed by atoms with van der Waals surface area (Å²) in [5.74, 6) is -0.232. The van der Waals surface area contributed by atoms with Crippen LogP contribution in [0.2, 0.25) is 10.0 Å². The number of rotatable bonds is 8. The van der Waals surface area contributed by atoms with Crippen molar-refractivity contribution in [1.82, 2.24) is 15.2 Å². The van der Waals surface area contributed by atoms with Crippen LogP contribution in [0, 0.1) is 0 Å². The molecule has 0 unspecified atom stereocenters. The van der Waals surface area contributed by atoms with Crippen molar-refractivity contribution < 1.29 is 14.0 Å². The molecule has 0 aliphatic heterocycles. The number of aromatic nitrogens is 1. The van der Waals surface area contributed by atoms with Gasteiger partial charge in [0.15, 0.2) is 5.69 Å². The summed E-state index contributed by atoms with van der Waals surface area (Å²) in [7, 11) is 0. The van der Waals surface area contributed by atoms with Gasteiger partial charge in [-0.2, -0.15) is 0 Å². The molecule has 1 aromatic carbocycles. The zero-order valence-electron chi connectivity index (χ0n) is 14.7. The molecule has 1 heterocycles. The van der Waals surface area contributed by atoms with E-state index in [4.69, 9.17) is 27.6 Å². The Kier molecular flexibility index (Phi) is 7.48. The first kappa shape index (κ1) is 20.3. The minimum absolute atomic E-state index is 0.151. The molecular formula is C18H21Cl2N3O3. The van der Waals surface area contributed by atoms with E-state index >= 15 is 0 Å². The highest BCUT2D eigenvalue weighted by atomic mass is 35.5. The zero-order chi connectivity index (χ0) is 19.1. The van der Waals surface area contributed by atoms with E-state index in [-0.39, 0.29) is 24.1 Å². The van der Waals surface area contributed by atoms with Gasteiger partial charge < -0.3 is 14.6 Å². The van der Waals surface area contributed by atoms with Crippen molar-refractivity contribution in [2.24, 2.45) is 0 Å². The van der Waals surface area contributed by atoms with Gasteiger partial charge in [0.1, 0.15) is 6.26 Å². The van der Waals surface area contributed by atoms with Crippen molar-refractivity contribution in [2.75, 3.05) is 13.1 Å². The maximum Gasteiger partial charge on any atom is 0.273 e. The van der Waals surface area contributed by atoms with Crippen molar-refractivity contribution in [3.63, 3.8) is 0 Å². The number of hydrogen-bond acceptors (Lipinski definition) is 4. The van der Waals surface area contributed by atoms with Crippen LogP contribution in [-0.2, 0) is 6.54 Å². The van der Waals surface area contributed by atoms with Crippen molar-refractivity contribution in [3.8, 4) is 0 Å². The van der Waals surface area contributed by atoms with E-state index in [0.717, 1.165) is 12.8 Å². The van der Waals surface area contributed by atoms with Gasteiger partial charge in [0.05, 0.1) is 6.54 Å². The van der Waals surface area contributed by atoms with E-state index < -0.39 is 0 Å². The van der Waals surface area contributed by atoms with Crippen molar-refractivity contribution >= 4 is 35.0 Å². The van der Waals surface area contributed by atoms with Gasteiger partial charge in [-0.15, -0.1) is 0 Å². The summed E-state index contributed by atoms with van der Waals surface area (Å²) in [6.07, 6.45) is 2.88. The van der Waals surface area contributed by atoms with E-state index in [0.29, 0.717) is 34.6 Å². The zero-order valence-corrected chi connectivity index (χ0v) is 16.2. The average molecular weight is 398 g/mol. The van der Waals surface area contributed by atoms with Crippen LogP contribution in [0.25, 0.3) is 0 Å². The summed E-state index contributed by atoms with van der Waals surface area (Å²) in [5.41, 5.74) is 0.589. The third-order valence-electron chi connectivity index (χ3n) is 3.54. The monoisotopic (exact) mass is 397 g/mol. The molecule has 0 bridgehead atoms. The molecule has 2 amide bonds. The molecule has 2 aromatic rings. The summed E-state index contributed by atoms with van der Waals surface area (Å²) in [4.78, 5) is 30.5. The molecule has 0 fully saturated rings. The lowest BCUT2D eigenvalue weighted by Gasteiger charge is -2.20. The topological polar surface area (TPSA) is 75.4 Å². The van der Waals surface area contributed by atoms with Crippen LogP contribution >= 0.6 is 23.2 Å². The summed E-state index contributed by atoms with van der Waals surface area (Å²) < 4.78 is 5.36. The van der Waals surface area contributed by atoms with E-state index in [1.165, 1.54) is 6.26 Å². The predicted octanol–water partition coefficient (Wildman–Crippen LogP) is 4.17. The second-order valence-corrected chi connectivity index (χ2v) is 6.64. The number of hydrogen-bond donors (Lipinski definition) is 1. The predicted molar refractivity (Wildman–Crippen MR) is 101 cm³/mol. The molecule has 140 valence electrons. The maximum atomic E-state index is 12.8. The fourth-order valence-corrected chi connectivity index (χ4v) is 2.89. The molecular weight excluding hydrogens is 377 g/mol. The highest BCUT2D eigenvalue weighted by Crippen LogP contribution is 2.21. The largest absolute Gasteiger partial charge is 0.446 e. The third kappa shape index (κ3) is 5.47. The van der Waals surface area contributed by atoms with Gasteiger partial charge in [-0.25, -0.2) is 4.98 Å². The maximum absolute atomic E-state index is 12.8. The molecule has 0 saturated heterocycles. The number of amides is 2. The first-order valence-corrected chi connectivity index (χ1v) is 9.18. The lowest BCUT2D eigenvalue weighted by molar-refractivity contribution is 0.0728. The molecule has 1 aromatic heterocycles. The SMILES string of the molecule is CCCNC(=O)c1coc(CN(CCC)C(=O)c2cc(Cl)cc(Cl)c2)n1. The molecule has 0 spiro atoms. The molecule has 0 aliphatic rings. The summed E-state index contributed by atoms with van der Waals surface area (Å²) in [6.45, 7) is 5.15. The minimum atomic E-state index is -0.295. The Hall–Kier alpha value is -2.05. The fraction of sp³-hybridized carbons (Fsp3) is 0.389. The van der Waals surface area contributed by atoms with Gasteiger partial charge in [0.2, 0.25) is 5.89 Å². The van der Waals surface area contributed by atoms with Crippen LogP contribution in [-0.4, -0.2) is 34.8 Å². The lowest BCUT2D eigenvalue weighted by Crippen LogP contribution is -2.31. The quantitative estimate of drug-likeness (QED) is 0.724. The molecule has 2 rings (SSSR count). The average Bonchev–Trinajstić information content (AvgIpc) is 3.06. The van der Waals surface area contributed by atoms with Gasteiger partial charge in [-0.05, 0) is 31.0 Å².